The second kappa shape index (κ2) is 4.49. The van der Waals surface area contributed by atoms with Crippen LogP contribution >= 0.6 is 0 Å². The van der Waals surface area contributed by atoms with E-state index < -0.39 is 0 Å². The molecule has 5 N–H and O–H groups in total. The minimum Gasteiger partial charge on any atom is -0.291 e. The Bertz CT molecular complexity index is 500. The molecule has 0 bridgehead atoms. The molecule has 3 nitrogen and oxygen atoms in total. The maximum atomic E-state index is 5.45. The fourth-order valence-corrected chi connectivity index (χ4v) is 1.62. The van der Waals surface area contributed by atoms with Crippen LogP contribution in [0.15, 0.2) is 54.6 Å². The van der Waals surface area contributed by atoms with Gasteiger partial charge in [-0.1, -0.05) is 48.5 Å². The van der Waals surface area contributed by atoms with E-state index in [9.17, 15) is 0 Å². The summed E-state index contributed by atoms with van der Waals surface area (Å²) in [4.78, 5) is 2.94. The van der Waals surface area contributed by atoms with Gasteiger partial charge in [-0.3, -0.25) is 11.5 Å². The Morgan fingerprint density at radius 2 is 1.44 bits per heavy atom. The molecule has 16 heavy (non-hydrogen) atoms. The highest BCUT2D eigenvalue weighted by molar-refractivity contribution is 5.76. The van der Waals surface area contributed by atoms with Crippen LogP contribution in [0.5, 0.6) is 0 Å². The summed E-state index contributed by atoms with van der Waals surface area (Å²) in [5, 5.41) is 0. The van der Waals surface area contributed by atoms with E-state index in [1.54, 1.807) is 0 Å². The molecule has 0 aromatic heterocycles. The van der Waals surface area contributed by atoms with Gasteiger partial charge in [0.05, 0.1) is 0 Å². The highest BCUT2D eigenvalue weighted by Crippen LogP contribution is 2.23. The summed E-state index contributed by atoms with van der Waals surface area (Å²) in [6.07, 6.45) is 0. The Morgan fingerprint density at radius 3 is 2.12 bits per heavy atom. The average molecular weight is 212 g/mol. The first kappa shape index (κ1) is 10.2. The van der Waals surface area contributed by atoms with Crippen LogP contribution in [0, 0.1) is 0 Å². The van der Waals surface area contributed by atoms with E-state index in [0.29, 0.717) is 0 Å². The van der Waals surface area contributed by atoms with Crippen LogP contribution in [0.1, 0.15) is 0 Å². The Labute approximate surface area is 94.4 Å². The molecule has 0 atom stereocenters. The van der Waals surface area contributed by atoms with Gasteiger partial charge < -0.3 is 0 Å². The Hall–Kier alpha value is -2.29. The topological polar surface area (TPSA) is 66.0 Å². The Morgan fingerprint density at radius 1 is 0.812 bits per heavy atom. The minimum absolute atomic E-state index is 0.198. The number of nitrogens with two attached hydrogens (primary N) is 2. The maximum Gasteiger partial charge on any atom is 0.343 e. The second-order valence-corrected chi connectivity index (χ2v) is 3.49. The van der Waals surface area contributed by atoms with E-state index in [1.165, 1.54) is 0 Å². The number of hydrogen-bond donors (Lipinski definition) is 3. The van der Waals surface area contributed by atoms with Crippen LogP contribution < -0.4 is 16.5 Å². The molecule has 0 aliphatic carbocycles. The Balaban J connectivity index is 2.53. The van der Waals surface area contributed by atoms with Crippen LogP contribution in [-0.4, -0.2) is 5.96 Å². The SMILES string of the molecule is NC(N)=[NH+]c1ccccc1-c1ccccc1. The molecule has 0 heterocycles. The largest absolute Gasteiger partial charge is 0.343 e. The fourth-order valence-electron chi connectivity index (χ4n) is 1.62. The lowest BCUT2D eigenvalue weighted by atomic mass is 10.0. The van der Waals surface area contributed by atoms with Crippen molar-refractivity contribution in [3.8, 4) is 11.1 Å². The summed E-state index contributed by atoms with van der Waals surface area (Å²) >= 11 is 0. The molecule has 0 unspecified atom stereocenters. The van der Waals surface area contributed by atoms with Crippen LogP contribution in [0.4, 0.5) is 5.69 Å². The fraction of sp³-hybridized carbons (Fsp3) is 0. The first-order valence-electron chi connectivity index (χ1n) is 5.07. The van der Waals surface area contributed by atoms with Crippen molar-refractivity contribution in [3.05, 3.63) is 54.6 Å². The Kier molecular flexibility index (Phi) is 2.87. The number of guanidine groups is 1. The zero-order valence-electron chi connectivity index (χ0n) is 8.85. The van der Waals surface area contributed by atoms with Gasteiger partial charge in [-0.15, -0.1) is 0 Å². The third kappa shape index (κ3) is 2.20. The van der Waals surface area contributed by atoms with Gasteiger partial charge in [0, 0.05) is 5.56 Å². The first-order chi connectivity index (χ1) is 7.77. The molecule has 3 heteroatoms. The average Bonchev–Trinajstić information content (AvgIpc) is 2.30. The highest BCUT2D eigenvalue weighted by atomic mass is 15.0. The number of rotatable bonds is 2. The third-order valence-electron chi connectivity index (χ3n) is 2.29. The molecule has 0 saturated carbocycles. The minimum atomic E-state index is 0.198. The summed E-state index contributed by atoms with van der Waals surface area (Å²) in [5.41, 5.74) is 14.0. The quantitative estimate of drug-likeness (QED) is 0.496. The number of nitrogens with one attached hydrogen (secondary N) is 1. The summed E-state index contributed by atoms with van der Waals surface area (Å²) in [7, 11) is 0. The van der Waals surface area contributed by atoms with E-state index in [2.05, 4.69) is 4.99 Å². The van der Waals surface area contributed by atoms with Crippen molar-refractivity contribution >= 4 is 11.6 Å². The molecule has 2 rings (SSSR count). The van der Waals surface area contributed by atoms with Crippen molar-refractivity contribution in [2.24, 2.45) is 11.5 Å². The van der Waals surface area contributed by atoms with Crippen molar-refractivity contribution in [2.75, 3.05) is 0 Å². The van der Waals surface area contributed by atoms with Crippen LogP contribution in [0.3, 0.4) is 0 Å². The lowest BCUT2D eigenvalue weighted by molar-refractivity contribution is -0.355. The van der Waals surface area contributed by atoms with E-state index in [1.807, 2.05) is 54.6 Å². The molecule has 0 saturated heterocycles. The molecule has 80 valence electrons. The monoisotopic (exact) mass is 212 g/mol. The summed E-state index contributed by atoms with van der Waals surface area (Å²) in [6, 6.07) is 18.0. The molecule has 0 aliphatic heterocycles. The molecule has 0 fully saturated rings. The van der Waals surface area contributed by atoms with Gasteiger partial charge in [-0.05, 0) is 11.6 Å². The summed E-state index contributed by atoms with van der Waals surface area (Å²) in [5.74, 6) is 0.198. The molecule has 0 aliphatic rings. The van der Waals surface area contributed by atoms with Crippen LogP contribution in [0.2, 0.25) is 0 Å². The molecule has 0 radical (unpaired) electrons. The van der Waals surface area contributed by atoms with Crippen molar-refractivity contribution < 1.29 is 4.99 Å². The lowest BCUT2D eigenvalue weighted by Crippen LogP contribution is -2.72. The van der Waals surface area contributed by atoms with E-state index >= 15 is 0 Å². The highest BCUT2D eigenvalue weighted by Gasteiger charge is 2.04. The van der Waals surface area contributed by atoms with Gasteiger partial charge in [-0.2, -0.15) is 0 Å². The van der Waals surface area contributed by atoms with Gasteiger partial charge in [-0.25, -0.2) is 4.99 Å². The standard InChI is InChI=1S/C13H13N3/c14-13(15)16-12-9-5-4-8-11(12)10-6-2-1-3-7-10/h1-9H,(H4,14,15,16)/p+1. The van der Waals surface area contributed by atoms with E-state index in [-0.39, 0.29) is 5.96 Å². The molecule has 2 aromatic carbocycles. The normalized spacial score (nSPS) is 9.75. The maximum absolute atomic E-state index is 5.45. The number of benzene rings is 2. The van der Waals surface area contributed by atoms with Crippen LogP contribution in [0.25, 0.3) is 11.1 Å². The van der Waals surface area contributed by atoms with Gasteiger partial charge >= 0.3 is 5.96 Å². The third-order valence-corrected chi connectivity index (χ3v) is 2.29. The van der Waals surface area contributed by atoms with Crippen molar-refractivity contribution in [2.45, 2.75) is 0 Å². The molecule has 0 spiro atoms. The van der Waals surface area contributed by atoms with Crippen molar-refractivity contribution in [1.82, 2.24) is 0 Å². The van der Waals surface area contributed by atoms with E-state index in [4.69, 9.17) is 11.5 Å². The first-order valence-corrected chi connectivity index (χ1v) is 5.07. The molecular formula is C13H14N3+. The van der Waals surface area contributed by atoms with Gasteiger partial charge in [0.1, 0.15) is 5.69 Å². The summed E-state index contributed by atoms with van der Waals surface area (Å²) < 4.78 is 0. The number of hydrogen-bond acceptors (Lipinski definition) is 0. The summed E-state index contributed by atoms with van der Waals surface area (Å²) in [6.45, 7) is 0. The smallest absolute Gasteiger partial charge is 0.291 e. The van der Waals surface area contributed by atoms with Gasteiger partial charge in [0.15, 0.2) is 0 Å². The van der Waals surface area contributed by atoms with Gasteiger partial charge in [0.25, 0.3) is 0 Å². The molecule has 0 amide bonds. The molecule has 2 aromatic rings. The second-order valence-electron chi connectivity index (χ2n) is 3.49. The van der Waals surface area contributed by atoms with Crippen molar-refractivity contribution in [1.29, 1.82) is 0 Å². The zero-order valence-corrected chi connectivity index (χ0v) is 8.85. The van der Waals surface area contributed by atoms with Crippen LogP contribution in [-0.2, 0) is 0 Å². The predicted octanol–water partition coefficient (Wildman–Crippen LogP) is 0.339. The molecular weight excluding hydrogens is 198 g/mol. The van der Waals surface area contributed by atoms with Crippen molar-refractivity contribution in [3.63, 3.8) is 0 Å². The lowest BCUT2D eigenvalue weighted by Gasteiger charge is -2.04. The number of para-hydroxylation sites is 1. The van der Waals surface area contributed by atoms with Gasteiger partial charge in [0.2, 0.25) is 0 Å². The zero-order chi connectivity index (χ0) is 11.4. The predicted molar refractivity (Wildman–Crippen MR) is 65.9 cm³/mol. The van der Waals surface area contributed by atoms with E-state index in [0.717, 1.165) is 16.8 Å².